The molecule has 6 heteroatoms. The lowest BCUT2D eigenvalue weighted by Crippen LogP contribution is -2.31. The van der Waals surface area contributed by atoms with Crippen molar-refractivity contribution in [3.8, 4) is 5.75 Å². The van der Waals surface area contributed by atoms with Crippen molar-refractivity contribution in [3.05, 3.63) is 71.3 Å². The Morgan fingerprint density at radius 1 is 1.23 bits per heavy atom. The molecule has 0 bridgehead atoms. The van der Waals surface area contributed by atoms with Gasteiger partial charge in [0.05, 0.1) is 6.54 Å². The molecule has 4 rings (SSSR count). The largest absolute Gasteiger partial charge is 0.480 e. The fourth-order valence-corrected chi connectivity index (χ4v) is 3.08. The molecule has 0 unspecified atom stereocenters. The number of carbonyl (C=O) groups excluding carboxylic acids is 1. The van der Waals surface area contributed by atoms with E-state index in [0.717, 1.165) is 22.6 Å². The summed E-state index contributed by atoms with van der Waals surface area (Å²) in [5.74, 6) is 0.692. The number of nitrogens with zero attached hydrogens (tertiary/aromatic N) is 3. The van der Waals surface area contributed by atoms with Crippen molar-refractivity contribution in [2.45, 2.75) is 32.9 Å². The highest BCUT2D eigenvalue weighted by Gasteiger charge is 2.29. The van der Waals surface area contributed by atoms with Gasteiger partial charge in [-0.2, -0.15) is 5.10 Å². The summed E-state index contributed by atoms with van der Waals surface area (Å²) in [6, 6.07) is 11.8. The Balaban J connectivity index is 1.39. The molecule has 1 amide bonds. The summed E-state index contributed by atoms with van der Waals surface area (Å²) in [6.45, 7) is 4.77. The van der Waals surface area contributed by atoms with Crippen molar-refractivity contribution < 1.29 is 9.53 Å². The number of aryl methyl sites for hydroxylation is 2. The molecule has 26 heavy (non-hydrogen) atoms. The summed E-state index contributed by atoms with van der Waals surface area (Å²) < 4.78 is 7.59. The summed E-state index contributed by atoms with van der Waals surface area (Å²) in [5, 5.41) is 7.02. The van der Waals surface area contributed by atoms with E-state index in [1.165, 1.54) is 17.5 Å². The summed E-state index contributed by atoms with van der Waals surface area (Å²) in [5.41, 5.74) is 5.33. The van der Waals surface area contributed by atoms with Crippen LogP contribution >= 0.6 is 0 Å². The van der Waals surface area contributed by atoms with Crippen molar-refractivity contribution >= 4 is 11.6 Å². The van der Waals surface area contributed by atoms with Crippen molar-refractivity contribution in [2.75, 3.05) is 5.32 Å². The average Bonchev–Trinajstić information content (AvgIpc) is 3.27. The van der Waals surface area contributed by atoms with E-state index in [1.54, 1.807) is 11.0 Å². The van der Waals surface area contributed by atoms with Gasteiger partial charge in [0.15, 0.2) is 6.10 Å². The van der Waals surface area contributed by atoms with Crippen LogP contribution in [-0.4, -0.2) is 26.8 Å². The van der Waals surface area contributed by atoms with Gasteiger partial charge in [0, 0.05) is 12.1 Å². The maximum absolute atomic E-state index is 12.5. The number of benzene rings is 2. The van der Waals surface area contributed by atoms with Gasteiger partial charge in [-0.25, -0.2) is 9.67 Å². The van der Waals surface area contributed by atoms with E-state index < -0.39 is 6.10 Å². The van der Waals surface area contributed by atoms with Crippen LogP contribution in [0, 0.1) is 13.8 Å². The zero-order valence-corrected chi connectivity index (χ0v) is 14.8. The summed E-state index contributed by atoms with van der Waals surface area (Å²) in [7, 11) is 0. The van der Waals surface area contributed by atoms with Crippen LogP contribution in [0.3, 0.4) is 0 Å². The molecular weight excluding hydrogens is 328 g/mol. The quantitative estimate of drug-likeness (QED) is 0.787. The lowest BCUT2D eigenvalue weighted by Gasteiger charge is -2.12. The second-order valence-electron chi connectivity index (χ2n) is 6.63. The summed E-state index contributed by atoms with van der Waals surface area (Å²) in [6.07, 6.45) is 3.30. The van der Waals surface area contributed by atoms with Gasteiger partial charge in [0.25, 0.3) is 5.91 Å². The predicted octanol–water partition coefficient (Wildman–Crippen LogP) is 2.89. The monoisotopic (exact) mass is 348 g/mol. The lowest BCUT2D eigenvalue weighted by atomic mass is 10.0. The van der Waals surface area contributed by atoms with Gasteiger partial charge in [-0.1, -0.05) is 18.2 Å². The Bertz CT molecular complexity index is 902. The number of hydrogen-bond donors (Lipinski definition) is 1. The zero-order chi connectivity index (χ0) is 18.1. The van der Waals surface area contributed by atoms with Gasteiger partial charge in [-0.15, -0.1) is 0 Å². The molecule has 0 radical (unpaired) electrons. The molecule has 0 spiro atoms. The van der Waals surface area contributed by atoms with E-state index >= 15 is 0 Å². The molecule has 1 atom stereocenters. The number of aromatic nitrogens is 3. The van der Waals surface area contributed by atoms with Crippen LogP contribution in [0.15, 0.2) is 49.1 Å². The fourth-order valence-electron chi connectivity index (χ4n) is 3.08. The van der Waals surface area contributed by atoms with Crippen LogP contribution in [0.25, 0.3) is 0 Å². The first-order chi connectivity index (χ1) is 12.6. The number of anilines is 1. The number of hydrogen-bond acceptors (Lipinski definition) is 4. The minimum absolute atomic E-state index is 0.125. The molecule has 6 nitrogen and oxygen atoms in total. The molecule has 0 fully saturated rings. The zero-order valence-electron chi connectivity index (χ0n) is 14.8. The van der Waals surface area contributed by atoms with Crippen LogP contribution in [0.2, 0.25) is 0 Å². The summed E-state index contributed by atoms with van der Waals surface area (Å²) in [4.78, 5) is 16.5. The average molecular weight is 348 g/mol. The van der Waals surface area contributed by atoms with E-state index in [4.69, 9.17) is 4.74 Å². The molecule has 0 aliphatic carbocycles. The van der Waals surface area contributed by atoms with E-state index in [2.05, 4.69) is 28.4 Å². The first-order valence-corrected chi connectivity index (χ1v) is 8.57. The topological polar surface area (TPSA) is 69.0 Å². The Labute approximate surface area is 151 Å². The van der Waals surface area contributed by atoms with Gasteiger partial charge >= 0.3 is 0 Å². The van der Waals surface area contributed by atoms with Crippen molar-refractivity contribution in [2.24, 2.45) is 0 Å². The highest BCUT2D eigenvalue weighted by Crippen LogP contribution is 2.31. The Morgan fingerprint density at radius 2 is 2.00 bits per heavy atom. The van der Waals surface area contributed by atoms with Crippen LogP contribution in [-0.2, 0) is 17.8 Å². The molecule has 1 N–H and O–H groups in total. The maximum Gasteiger partial charge on any atom is 0.265 e. The lowest BCUT2D eigenvalue weighted by molar-refractivity contribution is -0.122. The molecule has 1 aliphatic heterocycles. The minimum atomic E-state index is -0.485. The Hall–Kier alpha value is -3.15. The minimum Gasteiger partial charge on any atom is -0.480 e. The molecule has 132 valence electrons. The number of carbonyl (C=O) groups is 1. The smallest absolute Gasteiger partial charge is 0.265 e. The van der Waals surface area contributed by atoms with Gasteiger partial charge < -0.3 is 10.1 Å². The molecule has 3 aromatic rings. The van der Waals surface area contributed by atoms with E-state index in [1.807, 2.05) is 37.3 Å². The molecule has 1 aliphatic rings. The third kappa shape index (κ3) is 3.31. The SMILES string of the molecule is Cc1cc2c(cc1C)O[C@H](C(=O)Nc1ccc(Cn3cncn3)cc1)C2. The number of amides is 1. The summed E-state index contributed by atoms with van der Waals surface area (Å²) >= 11 is 0. The van der Waals surface area contributed by atoms with E-state index in [0.29, 0.717) is 13.0 Å². The third-order valence-corrected chi connectivity index (χ3v) is 4.68. The van der Waals surface area contributed by atoms with Crippen molar-refractivity contribution in [1.82, 2.24) is 14.8 Å². The highest BCUT2D eigenvalue weighted by atomic mass is 16.5. The standard InChI is InChI=1S/C20H20N4O2/c1-13-7-16-9-19(26-18(16)8-14(13)2)20(25)23-17-5-3-15(4-6-17)10-24-12-21-11-22-24/h3-8,11-12,19H,9-10H2,1-2H3,(H,23,25)/t19-/m0/s1. The molecule has 0 saturated heterocycles. The number of ether oxygens (including phenoxy) is 1. The van der Waals surface area contributed by atoms with Crippen LogP contribution < -0.4 is 10.1 Å². The van der Waals surface area contributed by atoms with Gasteiger partial charge in [-0.05, 0) is 54.3 Å². The maximum atomic E-state index is 12.5. The second kappa shape index (κ2) is 6.63. The van der Waals surface area contributed by atoms with Crippen LogP contribution in [0.1, 0.15) is 22.3 Å². The Kier molecular flexibility index (Phi) is 4.16. The first-order valence-electron chi connectivity index (χ1n) is 8.57. The van der Waals surface area contributed by atoms with Gasteiger partial charge in [-0.3, -0.25) is 4.79 Å². The van der Waals surface area contributed by atoms with Crippen LogP contribution in [0.4, 0.5) is 5.69 Å². The van der Waals surface area contributed by atoms with Crippen molar-refractivity contribution in [3.63, 3.8) is 0 Å². The number of rotatable bonds is 4. The molecule has 2 heterocycles. The molecule has 1 aromatic heterocycles. The van der Waals surface area contributed by atoms with Gasteiger partial charge in [0.2, 0.25) is 0 Å². The first kappa shape index (κ1) is 16.3. The predicted molar refractivity (Wildman–Crippen MR) is 98.2 cm³/mol. The normalized spacial score (nSPS) is 15.4. The second-order valence-corrected chi connectivity index (χ2v) is 6.63. The third-order valence-electron chi connectivity index (χ3n) is 4.68. The molecule has 0 saturated carbocycles. The molecule has 2 aromatic carbocycles. The highest BCUT2D eigenvalue weighted by molar-refractivity contribution is 5.95. The van der Waals surface area contributed by atoms with Crippen molar-refractivity contribution in [1.29, 1.82) is 0 Å². The fraction of sp³-hybridized carbons (Fsp3) is 0.250. The Morgan fingerprint density at radius 3 is 2.73 bits per heavy atom. The van der Waals surface area contributed by atoms with Gasteiger partial charge in [0.1, 0.15) is 18.4 Å². The van der Waals surface area contributed by atoms with E-state index in [9.17, 15) is 4.79 Å². The number of fused-ring (bicyclic) bond motifs is 1. The molecular formula is C20H20N4O2. The number of nitrogens with one attached hydrogen (secondary N) is 1. The van der Waals surface area contributed by atoms with Crippen LogP contribution in [0.5, 0.6) is 5.75 Å². The van der Waals surface area contributed by atoms with E-state index in [-0.39, 0.29) is 5.91 Å².